The minimum Gasteiger partial charge on any atom is -0.387 e. The molecule has 1 unspecified atom stereocenters. The molecule has 1 aromatic rings. The molecule has 0 fully saturated rings. The minimum absolute atomic E-state index is 0. The van der Waals surface area contributed by atoms with Gasteiger partial charge in [0.25, 0.3) is 0 Å². The van der Waals surface area contributed by atoms with Crippen molar-refractivity contribution in [2.45, 2.75) is 26.9 Å². The SMILES string of the molecule is CCNC(=NCC(C)C)NCC(O)c1ccc(F)cc1.I. The molecule has 6 heteroatoms. The Morgan fingerprint density at radius 2 is 1.86 bits per heavy atom. The van der Waals surface area contributed by atoms with Crippen LogP contribution in [0.3, 0.4) is 0 Å². The first kappa shape index (κ1) is 20.1. The van der Waals surface area contributed by atoms with E-state index in [0.29, 0.717) is 24.0 Å². The predicted molar refractivity (Wildman–Crippen MR) is 95.6 cm³/mol. The van der Waals surface area contributed by atoms with Gasteiger partial charge in [0, 0.05) is 19.6 Å². The van der Waals surface area contributed by atoms with E-state index in [-0.39, 0.29) is 29.8 Å². The summed E-state index contributed by atoms with van der Waals surface area (Å²) in [5.74, 6) is 0.857. The lowest BCUT2D eigenvalue weighted by atomic mass is 10.1. The maximum Gasteiger partial charge on any atom is 0.191 e. The third-order valence-electron chi connectivity index (χ3n) is 2.68. The van der Waals surface area contributed by atoms with Gasteiger partial charge in [0.15, 0.2) is 5.96 Å². The quantitative estimate of drug-likeness (QED) is 0.385. The highest BCUT2D eigenvalue weighted by atomic mass is 127. The molecule has 120 valence electrons. The number of guanidine groups is 1. The number of nitrogens with one attached hydrogen (secondary N) is 2. The number of nitrogens with zero attached hydrogens (tertiary/aromatic N) is 1. The highest BCUT2D eigenvalue weighted by Gasteiger charge is 2.08. The van der Waals surface area contributed by atoms with Crippen LogP contribution in [-0.2, 0) is 0 Å². The van der Waals surface area contributed by atoms with Crippen molar-refractivity contribution in [3.63, 3.8) is 0 Å². The van der Waals surface area contributed by atoms with Crippen molar-refractivity contribution in [1.29, 1.82) is 0 Å². The first-order valence-electron chi connectivity index (χ1n) is 6.98. The van der Waals surface area contributed by atoms with Crippen LogP contribution >= 0.6 is 24.0 Å². The van der Waals surface area contributed by atoms with Crippen LogP contribution in [0.25, 0.3) is 0 Å². The molecule has 0 saturated carbocycles. The molecule has 0 aliphatic heterocycles. The van der Waals surface area contributed by atoms with Crippen molar-refractivity contribution in [1.82, 2.24) is 10.6 Å². The average molecular weight is 409 g/mol. The van der Waals surface area contributed by atoms with Crippen LogP contribution in [0.1, 0.15) is 32.4 Å². The van der Waals surface area contributed by atoms with Crippen LogP contribution in [0.2, 0.25) is 0 Å². The molecule has 1 atom stereocenters. The summed E-state index contributed by atoms with van der Waals surface area (Å²) in [5.41, 5.74) is 0.679. The fourth-order valence-electron chi connectivity index (χ4n) is 1.61. The van der Waals surface area contributed by atoms with Crippen molar-refractivity contribution in [3.8, 4) is 0 Å². The van der Waals surface area contributed by atoms with Crippen molar-refractivity contribution in [2.75, 3.05) is 19.6 Å². The molecule has 0 aliphatic rings. The molecule has 1 aromatic carbocycles. The van der Waals surface area contributed by atoms with Crippen LogP contribution in [0.4, 0.5) is 4.39 Å². The van der Waals surface area contributed by atoms with E-state index in [4.69, 9.17) is 0 Å². The van der Waals surface area contributed by atoms with Gasteiger partial charge in [-0.05, 0) is 30.5 Å². The summed E-state index contributed by atoms with van der Waals surface area (Å²) >= 11 is 0. The van der Waals surface area contributed by atoms with Crippen LogP contribution in [0, 0.1) is 11.7 Å². The summed E-state index contributed by atoms with van der Waals surface area (Å²) in [4.78, 5) is 4.42. The van der Waals surface area contributed by atoms with Crippen molar-refractivity contribution < 1.29 is 9.50 Å². The third-order valence-corrected chi connectivity index (χ3v) is 2.68. The normalized spacial score (nSPS) is 12.8. The maximum absolute atomic E-state index is 12.8. The summed E-state index contributed by atoms with van der Waals surface area (Å²) < 4.78 is 12.8. The van der Waals surface area contributed by atoms with Gasteiger partial charge in [-0.3, -0.25) is 4.99 Å². The maximum atomic E-state index is 12.8. The Hall–Kier alpha value is -0.890. The third kappa shape index (κ3) is 8.21. The Labute approximate surface area is 143 Å². The monoisotopic (exact) mass is 409 g/mol. The number of aliphatic hydroxyl groups is 1. The van der Waals surface area contributed by atoms with Crippen molar-refractivity contribution >= 4 is 29.9 Å². The first-order valence-corrected chi connectivity index (χ1v) is 6.98. The molecule has 0 aliphatic carbocycles. The van der Waals surface area contributed by atoms with E-state index in [0.717, 1.165) is 13.1 Å². The van der Waals surface area contributed by atoms with Crippen LogP contribution in [0.5, 0.6) is 0 Å². The van der Waals surface area contributed by atoms with Gasteiger partial charge >= 0.3 is 0 Å². The molecule has 21 heavy (non-hydrogen) atoms. The van der Waals surface area contributed by atoms with E-state index in [9.17, 15) is 9.50 Å². The molecule has 1 rings (SSSR count). The van der Waals surface area contributed by atoms with Gasteiger partial charge in [-0.2, -0.15) is 0 Å². The average Bonchev–Trinajstić information content (AvgIpc) is 2.42. The van der Waals surface area contributed by atoms with E-state index in [1.807, 2.05) is 6.92 Å². The molecule has 0 radical (unpaired) electrons. The van der Waals surface area contributed by atoms with Gasteiger partial charge in [-0.1, -0.05) is 26.0 Å². The van der Waals surface area contributed by atoms with Gasteiger partial charge in [-0.25, -0.2) is 4.39 Å². The Morgan fingerprint density at radius 1 is 1.24 bits per heavy atom. The zero-order chi connectivity index (χ0) is 15.0. The second kappa shape index (κ2) is 10.8. The summed E-state index contributed by atoms with van der Waals surface area (Å²) in [5, 5.41) is 16.2. The zero-order valence-electron chi connectivity index (χ0n) is 12.8. The minimum atomic E-state index is -0.696. The zero-order valence-corrected chi connectivity index (χ0v) is 15.1. The second-order valence-electron chi connectivity index (χ2n) is 5.06. The fourth-order valence-corrected chi connectivity index (χ4v) is 1.61. The highest BCUT2D eigenvalue weighted by molar-refractivity contribution is 14.0. The standard InChI is InChI=1S/C15H24FN3O.HI/c1-4-17-15(18-9-11(2)3)19-10-14(20)12-5-7-13(16)8-6-12;/h5-8,11,14,20H,4,9-10H2,1-3H3,(H2,17,18,19);1H. The number of aliphatic hydroxyl groups excluding tert-OH is 1. The van der Waals surface area contributed by atoms with Crippen molar-refractivity contribution in [3.05, 3.63) is 35.6 Å². The van der Waals surface area contributed by atoms with Crippen molar-refractivity contribution in [2.24, 2.45) is 10.9 Å². The lowest BCUT2D eigenvalue weighted by Gasteiger charge is -2.16. The molecule has 0 bridgehead atoms. The van der Waals surface area contributed by atoms with Gasteiger partial charge in [0.1, 0.15) is 5.82 Å². The largest absolute Gasteiger partial charge is 0.387 e. The number of benzene rings is 1. The number of hydrogen-bond donors (Lipinski definition) is 3. The van der Waals surface area contributed by atoms with E-state index in [1.165, 1.54) is 12.1 Å². The number of rotatable bonds is 6. The molecular weight excluding hydrogens is 384 g/mol. The number of halogens is 2. The van der Waals surface area contributed by atoms with Gasteiger partial charge in [0.2, 0.25) is 0 Å². The Morgan fingerprint density at radius 3 is 2.38 bits per heavy atom. The van der Waals surface area contributed by atoms with E-state index < -0.39 is 6.10 Å². The molecule has 4 nitrogen and oxygen atoms in total. The van der Waals surface area contributed by atoms with E-state index >= 15 is 0 Å². The van der Waals surface area contributed by atoms with E-state index in [1.54, 1.807) is 12.1 Å². The Kier molecular flexibility index (Phi) is 10.3. The molecule has 0 saturated heterocycles. The molecule has 0 spiro atoms. The van der Waals surface area contributed by atoms with Gasteiger partial charge < -0.3 is 15.7 Å². The molecule has 0 heterocycles. The molecule has 0 amide bonds. The van der Waals surface area contributed by atoms with E-state index in [2.05, 4.69) is 29.5 Å². The Bertz CT molecular complexity index is 423. The fraction of sp³-hybridized carbons (Fsp3) is 0.533. The smallest absolute Gasteiger partial charge is 0.191 e. The second-order valence-corrected chi connectivity index (χ2v) is 5.06. The summed E-state index contributed by atoms with van der Waals surface area (Å²) in [6.07, 6.45) is -0.696. The molecule has 3 N–H and O–H groups in total. The van der Waals surface area contributed by atoms with Crippen LogP contribution < -0.4 is 10.6 Å². The van der Waals surface area contributed by atoms with Crippen LogP contribution in [-0.4, -0.2) is 30.7 Å². The summed E-state index contributed by atoms with van der Waals surface area (Å²) in [7, 11) is 0. The number of hydrogen-bond acceptors (Lipinski definition) is 2. The molecule has 0 aromatic heterocycles. The summed E-state index contributed by atoms with van der Waals surface area (Å²) in [6, 6.07) is 5.85. The lowest BCUT2D eigenvalue weighted by Crippen LogP contribution is -2.39. The topological polar surface area (TPSA) is 56.7 Å². The lowest BCUT2D eigenvalue weighted by molar-refractivity contribution is 0.180. The van der Waals surface area contributed by atoms with Gasteiger partial charge in [-0.15, -0.1) is 24.0 Å². The van der Waals surface area contributed by atoms with Crippen LogP contribution in [0.15, 0.2) is 29.3 Å². The first-order chi connectivity index (χ1) is 9.52. The molecular formula is C15H25FIN3O. The van der Waals surface area contributed by atoms with Gasteiger partial charge in [0.05, 0.1) is 6.10 Å². The number of aliphatic imine (C=N–C) groups is 1. The highest BCUT2D eigenvalue weighted by Crippen LogP contribution is 2.12. The Balaban J connectivity index is 0.00000400. The summed E-state index contributed by atoms with van der Waals surface area (Å²) in [6.45, 7) is 8.00. The predicted octanol–water partition coefficient (Wildman–Crippen LogP) is 2.69.